The second-order valence-corrected chi connectivity index (χ2v) is 3.46. The van der Waals surface area contributed by atoms with E-state index in [1.807, 2.05) is 0 Å². The number of rotatable bonds is 2. The van der Waals surface area contributed by atoms with Crippen LogP contribution < -0.4 is 0 Å². The first-order valence-corrected chi connectivity index (χ1v) is 4.46. The van der Waals surface area contributed by atoms with Crippen LogP contribution in [0.4, 0.5) is 0 Å². The van der Waals surface area contributed by atoms with Crippen LogP contribution in [0.15, 0.2) is 0 Å². The van der Waals surface area contributed by atoms with Crippen molar-refractivity contribution in [2.24, 2.45) is 11.8 Å². The molecule has 62 valence electrons. The average Bonchev–Trinajstić information content (AvgIpc) is 2.05. The fourth-order valence-corrected chi connectivity index (χ4v) is 1.82. The van der Waals surface area contributed by atoms with Crippen LogP contribution >= 0.6 is 0 Å². The van der Waals surface area contributed by atoms with Gasteiger partial charge in [-0.05, 0) is 18.8 Å². The highest BCUT2D eigenvalue weighted by Gasteiger charge is 2.24. The molecule has 11 heavy (non-hydrogen) atoms. The van der Waals surface area contributed by atoms with Crippen LogP contribution in [0, 0.1) is 11.8 Å². The second kappa shape index (κ2) is 3.79. The maximum absolute atomic E-state index is 10.5. The molecular formula is C8H15BO2. The summed E-state index contributed by atoms with van der Waals surface area (Å²) in [7, 11) is 2.19. The Morgan fingerprint density at radius 1 is 1.36 bits per heavy atom. The maximum atomic E-state index is 10.5. The molecule has 0 aromatic rings. The van der Waals surface area contributed by atoms with Crippen molar-refractivity contribution < 1.29 is 9.90 Å². The SMILES string of the molecule is BCC1CCC(C(=O)O)CC1. The van der Waals surface area contributed by atoms with Crippen molar-refractivity contribution in [1.82, 2.24) is 0 Å². The van der Waals surface area contributed by atoms with Gasteiger partial charge in [-0.1, -0.05) is 19.2 Å². The third-order valence-electron chi connectivity index (χ3n) is 2.77. The van der Waals surface area contributed by atoms with Gasteiger partial charge in [-0.25, -0.2) is 0 Å². The zero-order valence-corrected chi connectivity index (χ0v) is 7.05. The van der Waals surface area contributed by atoms with Gasteiger partial charge in [0.25, 0.3) is 0 Å². The van der Waals surface area contributed by atoms with Gasteiger partial charge in [-0.15, -0.1) is 0 Å². The van der Waals surface area contributed by atoms with Crippen molar-refractivity contribution in [2.75, 3.05) is 0 Å². The molecule has 0 radical (unpaired) electrons. The molecule has 1 saturated carbocycles. The summed E-state index contributed by atoms with van der Waals surface area (Å²) in [5, 5.41) is 8.70. The fraction of sp³-hybridized carbons (Fsp3) is 0.875. The minimum absolute atomic E-state index is 0.0437. The molecule has 1 aliphatic rings. The van der Waals surface area contributed by atoms with Gasteiger partial charge in [0.1, 0.15) is 7.85 Å². The summed E-state index contributed by atoms with van der Waals surface area (Å²) in [6.45, 7) is 0. The monoisotopic (exact) mass is 154 g/mol. The zero-order chi connectivity index (χ0) is 8.27. The zero-order valence-electron chi connectivity index (χ0n) is 7.05. The lowest BCUT2D eigenvalue weighted by Gasteiger charge is -2.24. The van der Waals surface area contributed by atoms with Gasteiger partial charge in [0, 0.05) is 0 Å². The van der Waals surface area contributed by atoms with Gasteiger partial charge in [-0.2, -0.15) is 0 Å². The Hall–Kier alpha value is -0.465. The molecule has 0 bridgehead atoms. The second-order valence-electron chi connectivity index (χ2n) is 3.46. The van der Waals surface area contributed by atoms with E-state index in [1.54, 1.807) is 0 Å². The van der Waals surface area contributed by atoms with Crippen LogP contribution in [0.5, 0.6) is 0 Å². The molecule has 3 heteroatoms. The van der Waals surface area contributed by atoms with Crippen molar-refractivity contribution in [3.63, 3.8) is 0 Å². The Bertz CT molecular complexity index is 139. The number of carboxylic acid groups (broad SMARTS) is 1. The number of carbonyl (C=O) groups is 1. The highest BCUT2D eigenvalue weighted by Crippen LogP contribution is 2.30. The van der Waals surface area contributed by atoms with E-state index in [-0.39, 0.29) is 5.92 Å². The van der Waals surface area contributed by atoms with E-state index in [0.29, 0.717) is 0 Å². The van der Waals surface area contributed by atoms with Crippen LogP contribution in [0.2, 0.25) is 6.32 Å². The van der Waals surface area contributed by atoms with Crippen molar-refractivity contribution in [3.8, 4) is 0 Å². The lowest BCUT2D eigenvalue weighted by atomic mass is 9.76. The normalized spacial score (nSPS) is 31.6. The summed E-state index contributed by atoms with van der Waals surface area (Å²) in [6, 6.07) is 0. The van der Waals surface area contributed by atoms with Crippen LogP contribution in [0.25, 0.3) is 0 Å². The molecule has 0 aromatic carbocycles. The van der Waals surface area contributed by atoms with Gasteiger partial charge in [0.05, 0.1) is 5.92 Å². The molecule has 0 spiro atoms. The van der Waals surface area contributed by atoms with Crippen molar-refractivity contribution in [2.45, 2.75) is 32.0 Å². The van der Waals surface area contributed by atoms with E-state index in [4.69, 9.17) is 5.11 Å². The van der Waals surface area contributed by atoms with Crippen LogP contribution in [-0.4, -0.2) is 18.9 Å². The molecule has 1 N–H and O–H groups in total. The van der Waals surface area contributed by atoms with E-state index in [2.05, 4.69) is 7.85 Å². The summed E-state index contributed by atoms with van der Waals surface area (Å²) in [6.07, 6.45) is 5.24. The quantitative estimate of drug-likeness (QED) is 0.600. The van der Waals surface area contributed by atoms with Gasteiger partial charge < -0.3 is 5.11 Å². The Morgan fingerprint density at radius 3 is 2.27 bits per heavy atom. The summed E-state index contributed by atoms with van der Waals surface area (Å²) in [5.41, 5.74) is 0. The lowest BCUT2D eigenvalue weighted by Crippen LogP contribution is -2.21. The number of aliphatic carboxylic acids is 1. The molecule has 1 aliphatic carbocycles. The predicted octanol–water partition coefficient (Wildman–Crippen LogP) is 0.929. The molecule has 2 nitrogen and oxygen atoms in total. The highest BCUT2D eigenvalue weighted by molar-refractivity contribution is 6.08. The summed E-state index contributed by atoms with van der Waals surface area (Å²) in [5.74, 6) is 0.156. The molecule has 0 aliphatic heterocycles. The van der Waals surface area contributed by atoms with Gasteiger partial charge in [0.15, 0.2) is 0 Å². The first-order chi connectivity index (χ1) is 5.24. The number of hydrogen-bond donors (Lipinski definition) is 1. The first-order valence-electron chi connectivity index (χ1n) is 4.46. The van der Waals surface area contributed by atoms with E-state index in [1.165, 1.54) is 6.32 Å². The summed E-state index contributed by atoms with van der Waals surface area (Å²) < 4.78 is 0. The van der Waals surface area contributed by atoms with Gasteiger partial charge in [0.2, 0.25) is 0 Å². The van der Waals surface area contributed by atoms with Crippen LogP contribution in [0.1, 0.15) is 25.7 Å². The fourth-order valence-electron chi connectivity index (χ4n) is 1.82. The highest BCUT2D eigenvalue weighted by atomic mass is 16.4. The van der Waals surface area contributed by atoms with Gasteiger partial charge >= 0.3 is 5.97 Å². The predicted molar refractivity (Wildman–Crippen MR) is 46.4 cm³/mol. The Labute approximate surface area is 68.4 Å². The first kappa shape index (κ1) is 8.63. The average molecular weight is 154 g/mol. The Balaban J connectivity index is 2.30. The summed E-state index contributed by atoms with van der Waals surface area (Å²) >= 11 is 0. The smallest absolute Gasteiger partial charge is 0.306 e. The third kappa shape index (κ3) is 2.24. The van der Waals surface area contributed by atoms with Crippen molar-refractivity contribution >= 4 is 13.8 Å². The largest absolute Gasteiger partial charge is 0.481 e. The minimum atomic E-state index is -0.598. The van der Waals surface area contributed by atoms with E-state index >= 15 is 0 Å². The number of carboxylic acids is 1. The van der Waals surface area contributed by atoms with Crippen molar-refractivity contribution in [3.05, 3.63) is 0 Å². The number of hydrogen-bond acceptors (Lipinski definition) is 1. The Morgan fingerprint density at radius 2 is 1.91 bits per heavy atom. The standard InChI is InChI=1S/C8H15BO2/c9-5-6-1-3-7(4-2-6)8(10)11/h6-7H,1-5,9H2,(H,10,11). The summed E-state index contributed by atoms with van der Waals surface area (Å²) in [4.78, 5) is 10.5. The van der Waals surface area contributed by atoms with E-state index < -0.39 is 5.97 Å². The Kier molecular flexibility index (Phi) is 2.97. The topological polar surface area (TPSA) is 37.3 Å². The van der Waals surface area contributed by atoms with Crippen molar-refractivity contribution in [1.29, 1.82) is 0 Å². The molecule has 0 aromatic heterocycles. The lowest BCUT2D eigenvalue weighted by molar-refractivity contribution is -0.143. The molecule has 1 fully saturated rings. The minimum Gasteiger partial charge on any atom is -0.481 e. The van der Waals surface area contributed by atoms with Gasteiger partial charge in [-0.3, -0.25) is 4.79 Å². The molecule has 0 unspecified atom stereocenters. The third-order valence-corrected chi connectivity index (χ3v) is 2.77. The molecule has 0 heterocycles. The molecule has 0 amide bonds. The van der Waals surface area contributed by atoms with E-state index in [9.17, 15) is 4.79 Å². The van der Waals surface area contributed by atoms with Crippen LogP contribution in [0.3, 0.4) is 0 Å². The molecule has 1 rings (SSSR count). The van der Waals surface area contributed by atoms with E-state index in [0.717, 1.165) is 31.6 Å². The maximum Gasteiger partial charge on any atom is 0.306 e. The molecular weight excluding hydrogens is 139 g/mol. The molecule has 0 saturated heterocycles. The van der Waals surface area contributed by atoms with Crippen LogP contribution in [-0.2, 0) is 4.79 Å². The molecule has 0 atom stereocenters.